The summed E-state index contributed by atoms with van der Waals surface area (Å²) in [4.78, 5) is 10.4. The fourth-order valence-electron chi connectivity index (χ4n) is 1.64. The Morgan fingerprint density at radius 2 is 2.06 bits per heavy atom. The van der Waals surface area contributed by atoms with Gasteiger partial charge in [-0.3, -0.25) is 21.8 Å². The number of rotatable bonds is 3. The molecule has 1 heterocycles. The molecule has 0 radical (unpaired) electrons. The molecule has 0 spiro atoms. The lowest BCUT2D eigenvalue weighted by Crippen LogP contribution is -2.32. The van der Waals surface area contributed by atoms with Gasteiger partial charge in [0.1, 0.15) is 0 Å². The fraction of sp³-hybridized carbons (Fsp3) is 0.364. The van der Waals surface area contributed by atoms with Gasteiger partial charge in [0.25, 0.3) is 0 Å². The monoisotopic (exact) mass is 223 g/mol. The van der Waals surface area contributed by atoms with Crippen molar-refractivity contribution in [1.29, 1.82) is 0 Å². The van der Waals surface area contributed by atoms with Crippen LogP contribution in [0.1, 0.15) is 5.56 Å². The molecule has 16 heavy (non-hydrogen) atoms. The van der Waals surface area contributed by atoms with Gasteiger partial charge in [0.05, 0.1) is 6.61 Å². The van der Waals surface area contributed by atoms with Crippen molar-refractivity contribution in [3.05, 3.63) is 35.9 Å². The molecule has 5 heteroatoms. The number of hydrogen-bond donors (Lipinski definition) is 3. The molecule has 0 aromatic heterocycles. The van der Waals surface area contributed by atoms with Crippen LogP contribution in [0.5, 0.6) is 0 Å². The summed E-state index contributed by atoms with van der Waals surface area (Å²) in [6.45, 7) is 0.609. The van der Waals surface area contributed by atoms with Gasteiger partial charge in [-0.25, -0.2) is 0 Å². The molecule has 0 amide bonds. The first-order valence-electron chi connectivity index (χ1n) is 5.08. The van der Waals surface area contributed by atoms with E-state index in [1.54, 1.807) is 0 Å². The second-order valence-electron chi connectivity index (χ2n) is 3.44. The van der Waals surface area contributed by atoms with Crippen molar-refractivity contribution in [2.45, 2.75) is 18.7 Å². The van der Waals surface area contributed by atoms with E-state index < -0.39 is 6.23 Å². The number of nitrogens with two attached hydrogens (primary N) is 2. The third-order valence-corrected chi connectivity index (χ3v) is 2.33. The van der Waals surface area contributed by atoms with Gasteiger partial charge < -0.3 is 4.74 Å². The molecule has 1 aromatic carbocycles. The van der Waals surface area contributed by atoms with Crippen LogP contribution in [-0.4, -0.2) is 25.2 Å². The number of ether oxygens (including phenoxy) is 1. The second-order valence-corrected chi connectivity index (χ2v) is 3.44. The second kappa shape index (κ2) is 7.08. The maximum absolute atomic E-state index is 10.4. The van der Waals surface area contributed by atoms with Gasteiger partial charge >= 0.3 is 0 Å². The summed E-state index contributed by atoms with van der Waals surface area (Å²) in [5.41, 5.74) is 1.26. The normalized spacial score (nSPS) is 23.4. The van der Waals surface area contributed by atoms with Gasteiger partial charge in [0, 0.05) is 6.04 Å². The topological polar surface area (TPSA) is 90.4 Å². The van der Waals surface area contributed by atoms with Crippen LogP contribution in [0.3, 0.4) is 0 Å². The lowest BCUT2D eigenvalue weighted by molar-refractivity contribution is -0.116. The highest BCUT2D eigenvalue weighted by Gasteiger charge is 2.23. The van der Waals surface area contributed by atoms with Gasteiger partial charge in [-0.1, -0.05) is 30.3 Å². The predicted octanol–water partition coefficient (Wildman–Crippen LogP) is -0.439. The van der Waals surface area contributed by atoms with Gasteiger partial charge in [0.2, 0.25) is 0 Å². The van der Waals surface area contributed by atoms with Crippen LogP contribution in [0.2, 0.25) is 0 Å². The van der Waals surface area contributed by atoms with Gasteiger partial charge in [-0.05, 0) is 12.0 Å². The Morgan fingerprint density at radius 1 is 1.38 bits per heavy atom. The van der Waals surface area contributed by atoms with Crippen LogP contribution < -0.4 is 17.0 Å². The van der Waals surface area contributed by atoms with Crippen LogP contribution in [-0.2, 0) is 16.0 Å². The molecule has 0 bridgehead atoms. The Hall–Kier alpha value is -1.27. The molecule has 0 saturated carbocycles. The highest BCUT2D eigenvalue weighted by molar-refractivity contribution is 5.55. The average Bonchev–Trinajstić information content (AvgIpc) is 2.81. The van der Waals surface area contributed by atoms with Crippen LogP contribution in [0, 0.1) is 0 Å². The van der Waals surface area contributed by atoms with Crippen molar-refractivity contribution in [3.8, 4) is 0 Å². The van der Waals surface area contributed by atoms with Crippen LogP contribution in [0.25, 0.3) is 0 Å². The Balaban J connectivity index is 0.000000606. The molecule has 1 saturated heterocycles. The van der Waals surface area contributed by atoms with E-state index in [4.69, 9.17) is 4.74 Å². The Labute approximate surface area is 94.7 Å². The van der Waals surface area contributed by atoms with Crippen molar-refractivity contribution < 1.29 is 9.53 Å². The molecule has 5 nitrogen and oxygen atoms in total. The van der Waals surface area contributed by atoms with Gasteiger partial charge in [0.15, 0.2) is 12.5 Å². The zero-order chi connectivity index (χ0) is 11.8. The third kappa shape index (κ3) is 3.71. The lowest BCUT2D eigenvalue weighted by atomic mass is 10.1. The molecule has 1 aromatic rings. The first kappa shape index (κ1) is 12.8. The number of carbonyl (C=O) groups excluding carboxylic acids is 1. The smallest absolute Gasteiger partial charge is 0.164 e. The summed E-state index contributed by atoms with van der Waals surface area (Å²) in [5, 5.41) is 3.10. The minimum absolute atomic E-state index is 0.257. The van der Waals surface area contributed by atoms with Crippen molar-refractivity contribution in [1.82, 2.24) is 5.32 Å². The van der Waals surface area contributed by atoms with Crippen molar-refractivity contribution in [2.24, 2.45) is 11.7 Å². The minimum atomic E-state index is -0.413. The Bertz CT molecular complexity index is 305. The summed E-state index contributed by atoms with van der Waals surface area (Å²) in [5.74, 6) is 8.00. The Morgan fingerprint density at radius 3 is 2.62 bits per heavy atom. The lowest BCUT2D eigenvalue weighted by Gasteiger charge is -2.08. The van der Waals surface area contributed by atoms with E-state index in [1.165, 1.54) is 5.56 Å². The summed E-state index contributed by atoms with van der Waals surface area (Å²) in [6, 6.07) is 10.4. The van der Waals surface area contributed by atoms with Gasteiger partial charge in [-0.2, -0.15) is 0 Å². The zero-order valence-electron chi connectivity index (χ0n) is 9.00. The average molecular weight is 223 g/mol. The van der Waals surface area contributed by atoms with Crippen molar-refractivity contribution in [2.75, 3.05) is 6.61 Å². The molecular formula is C11H17N3O2. The van der Waals surface area contributed by atoms with Crippen LogP contribution in [0.4, 0.5) is 0 Å². The van der Waals surface area contributed by atoms with E-state index in [9.17, 15) is 4.79 Å². The Kier molecular flexibility index (Phi) is 5.66. The summed E-state index contributed by atoms with van der Waals surface area (Å²) >= 11 is 0. The van der Waals surface area contributed by atoms with E-state index in [2.05, 4.69) is 29.1 Å². The predicted molar refractivity (Wildman–Crippen MR) is 61.2 cm³/mol. The van der Waals surface area contributed by atoms with E-state index in [0.29, 0.717) is 6.61 Å². The first-order chi connectivity index (χ1) is 7.88. The number of aldehydes is 1. The maximum Gasteiger partial charge on any atom is 0.164 e. The van der Waals surface area contributed by atoms with E-state index in [1.807, 2.05) is 18.2 Å². The molecule has 2 atom stereocenters. The highest BCUT2D eigenvalue weighted by Crippen LogP contribution is 2.08. The van der Waals surface area contributed by atoms with E-state index in [0.717, 1.165) is 12.7 Å². The quantitative estimate of drug-likeness (QED) is 0.367. The molecule has 2 unspecified atom stereocenters. The molecule has 1 fully saturated rings. The van der Waals surface area contributed by atoms with Crippen molar-refractivity contribution in [3.63, 3.8) is 0 Å². The zero-order valence-corrected chi connectivity index (χ0v) is 9.00. The highest BCUT2D eigenvalue weighted by atomic mass is 16.5. The molecule has 0 aliphatic carbocycles. The summed E-state index contributed by atoms with van der Waals surface area (Å²) in [6.07, 6.45) is 1.29. The number of carbonyl (C=O) groups is 1. The van der Waals surface area contributed by atoms with Gasteiger partial charge in [-0.15, -0.1) is 0 Å². The number of hydrogen-bond acceptors (Lipinski definition) is 5. The number of benzene rings is 1. The largest absolute Gasteiger partial charge is 0.355 e. The maximum atomic E-state index is 10.4. The number of hydrazine groups is 1. The summed E-state index contributed by atoms with van der Waals surface area (Å²) < 4.78 is 5.21. The fourth-order valence-corrected chi connectivity index (χ4v) is 1.64. The molecule has 5 N–H and O–H groups in total. The van der Waals surface area contributed by atoms with E-state index >= 15 is 0 Å². The SMILES string of the molecule is NN.O=CC1NC(Cc2ccccc2)CO1. The standard InChI is InChI=1S/C11H13NO2.H4N2/c13-7-11-12-10(8-14-11)6-9-4-2-1-3-5-9;1-2/h1-5,7,10-12H,6,8H2;1-2H2. The molecular weight excluding hydrogens is 206 g/mol. The number of nitrogens with one attached hydrogen (secondary N) is 1. The third-order valence-electron chi connectivity index (χ3n) is 2.33. The minimum Gasteiger partial charge on any atom is -0.355 e. The molecule has 1 aliphatic rings. The molecule has 2 rings (SSSR count). The summed E-state index contributed by atoms with van der Waals surface area (Å²) in [7, 11) is 0. The van der Waals surface area contributed by atoms with Crippen molar-refractivity contribution >= 4 is 6.29 Å². The van der Waals surface area contributed by atoms with Crippen LogP contribution in [0.15, 0.2) is 30.3 Å². The molecule has 1 aliphatic heterocycles. The van der Waals surface area contributed by atoms with Crippen LogP contribution >= 0.6 is 0 Å². The van der Waals surface area contributed by atoms with E-state index in [-0.39, 0.29) is 6.04 Å². The molecule has 88 valence electrons. The first-order valence-corrected chi connectivity index (χ1v) is 5.08.